The number of hydrogen-bond donors (Lipinski definition) is 1. The lowest BCUT2D eigenvalue weighted by molar-refractivity contribution is 0.352. The first-order chi connectivity index (χ1) is 11.7. The molecule has 0 bridgehead atoms. The average Bonchev–Trinajstić information content (AvgIpc) is 2.65. The maximum Gasteiger partial charge on any atom is 0.161 e. The molecule has 0 aliphatic carbocycles. The van der Waals surface area contributed by atoms with Gasteiger partial charge >= 0.3 is 0 Å². The summed E-state index contributed by atoms with van der Waals surface area (Å²) in [6.07, 6.45) is 0.958. The Morgan fingerprint density at radius 3 is 2.08 bits per heavy atom. The quantitative estimate of drug-likeness (QED) is 0.914. The average molecular weight is 329 g/mol. The van der Waals surface area contributed by atoms with E-state index >= 15 is 0 Å². The van der Waals surface area contributed by atoms with E-state index in [4.69, 9.17) is 18.9 Å². The molecule has 1 aliphatic heterocycles. The molecule has 3 rings (SSSR count). The molecule has 1 aliphatic rings. The van der Waals surface area contributed by atoms with Gasteiger partial charge in [-0.3, -0.25) is 0 Å². The zero-order valence-electron chi connectivity index (χ0n) is 14.5. The Balaban J connectivity index is 2.06. The van der Waals surface area contributed by atoms with Gasteiger partial charge in [-0.05, 0) is 47.4 Å². The third-order valence-electron chi connectivity index (χ3n) is 4.44. The van der Waals surface area contributed by atoms with Crippen molar-refractivity contribution in [1.29, 1.82) is 0 Å². The molecule has 5 heteroatoms. The van der Waals surface area contributed by atoms with Crippen molar-refractivity contribution in [2.45, 2.75) is 12.5 Å². The highest BCUT2D eigenvalue weighted by atomic mass is 16.5. The number of fused-ring (bicyclic) bond motifs is 1. The van der Waals surface area contributed by atoms with E-state index in [0.29, 0.717) is 0 Å². The molecule has 0 spiro atoms. The third kappa shape index (κ3) is 2.87. The van der Waals surface area contributed by atoms with Gasteiger partial charge in [0.2, 0.25) is 0 Å². The van der Waals surface area contributed by atoms with Crippen molar-refractivity contribution in [2.75, 3.05) is 35.0 Å². The second-order valence-electron chi connectivity index (χ2n) is 5.66. The van der Waals surface area contributed by atoms with Crippen molar-refractivity contribution in [2.24, 2.45) is 0 Å². The van der Waals surface area contributed by atoms with E-state index in [1.165, 1.54) is 11.1 Å². The summed E-state index contributed by atoms with van der Waals surface area (Å²) in [4.78, 5) is 0. The Bertz CT molecular complexity index is 730. The molecule has 0 saturated heterocycles. The molecule has 128 valence electrons. The van der Waals surface area contributed by atoms with Crippen molar-refractivity contribution in [3.8, 4) is 23.0 Å². The van der Waals surface area contributed by atoms with E-state index in [1.807, 2.05) is 12.1 Å². The minimum absolute atomic E-state index is 0.0772. The smallest absolute Gasteiger partial charge is 0.161 e. The van der Waals surface area contributed by atoms with Crippen LogP contribution >= 0.6 is 0 Å². The summed E-state index contributed by atoms with van der Waals surface area (Å²) in [5.41, 5.74) is 3.60. The van der Waals surface area contributed by atoms with E-state index in [0.717, 1.165) is 41.5 Å². The lowest BCUT2D eigenvalue weighted by Gasteiger charge is -2.29. The second-order valence-corrected chi connectivity index (χ2v) is 5.66. The largest absolute Gasteiger partial charge is 0.493 e. The van der Waals surface area contributed by atoms with Crippen molar-refractivity contribution in [3.63, 3.8) is 0 Å². The Labute approximate surface area is 142 Å². The van der Waals surface area contributed by atoms with E-state index in [1.54, 1.807) is 28.4 Å². The van der Waals surface area contributed by atoms with Crippen LogP contribution in [0, 0.1) is 0 Å². The highest BCUT2D eigenvalue weighted by molar-refractivity contribution is 5.53. The highest BCUT2D eigenvalue weighted by Gasteiger charge is 2.24. The summed E-state index contributed by atoms with van der Waals surface area (Å²) < 4.78 is 21.7. The molecule has 2 aromatic rings. The number of nitrogens with one attached hydrogen (secondary N) is 1. The van der Waals surface area contributed by atoms with E-state index in [2.05, 4.69) is 23.5 Å². The first kappa shape index (κ1) is 16.5. The zero-order chi connectivity index (χ0) is 17.1. The minimum atomic E-state index is 0.0772. The predicted molar refractivity (Wildman–Crippen MR) is 92.6 cm³/mol. The SMILES string of the molecule is COc1ccc([C@H]2NCCc3cc(OC)c(OC)cc32)cc1OC. The van der Waals surface area contributed by atoms with Crippen LogP contribution in [0.15, 0.2) is 30.3 Å². The Morgan fingerprint density at radius 1 is 0.792 bits per heavy atom. The van der Waals surface area contributed by atoms with Crippen LogP contribution in [0.2, 0.25) is 0 Å². The van der Waals surface area contributed by atoms with Crippen molar-refractivity contribution in [1.82, 2.24) is 5.32 Å². The topological polar surface area (TPSA) is 49.0 Å². The molecule has 0 saturated carbocycles. The summed E-state index contributed by atoms with van der Waals surface area (Å²) in [6.45, 7) is 0.904. The maximum absolute atomic E-state index is 5.47. The lowest BCUT2D eigenvalue weighted by atomic mass is 9.89. The molecule has 0 amide bonds. The molecule has 0 radical (unpaired) electrons. The monoisotopic (exact) mass is 329 g/mol. The summed E-state index contributed by atoms with van der Waals surface area (Å²) in [5.74, 6) is 2.96. The molecule has 0 aromatic heterocycles. The van der Waals surface area contributed by atoms with Crippen LogP contribution in [0.25, 0.3) is 0 Å². The first-order valence-electron chi connectivity index (χ1n) is 7.92. The highest BCUT2D eigenvalue weighted by Crippen LogP contribution is 2.39. The Morgan fingerprint density at radius 2 is 1.42 bits per heavy atom. The van der Waals surface area contributed by atoms with Crippen LogP contribution in [0.1, 0.15) is 22.7 Å². The van der Waals surface area contributed by atoms with Gasteiger partial charge in [0, 0.05) is 6.54 Å². The van der Waals surface area contributed by atoms with Gasteiger partial charge in [-0.25, -0.2) is 0 Å². The standard InChI is InChI=1S/C19H23NO4/c1-21-15-6-5-13(10-16(15)22-2)19-14-11-18(24-4)17(23-3)9-12(14)7-8-20-19/h5-6,9-11,19-20H,7-8H2,1-4H3/t19-/m1/s1. The summed E-state index contributed by atoms with van der Waals surface area (Å²) >= 11 is 0. The van der Waals surface area contributed by atoms with Gasteiger partial charge in [0.15, 0.2) is 23.0 Å². The van der Waals surface area contributed by atoms with Crippen LogP contribution in [0.5, 0.6) is 23.0 Å². The molecule has 5 nitrogen and oxygen atoms in total. The van der Waals surface area contributed by atoms with Gasteiger partial charge in [0.05, 0.1) is 34.5 Å². The third-order valence-corrected chi connectivity index (χ3v) is 4.44. The van der Waals surface area contributed by atoms with Gasteiger partial charge in [0.1, 0.15) is 0 Å². The molecular weight excluding hydrogens is 306 g/mol. The van der Waals surface area contributed by atoms with Gasteiger partial charge in [-0.2, -0.15) is 0 Å². The van der Waals surface area contributed by atoms with Crippen LogP contribution in [-0.2, 0) is 6.42 Å². The number of methoxy groups -OCH3 is 4. The molecule has 2 aromatic carbocycles. The van der Waals surface area contributed by atoms with Crippen LogP contribution in [0.4, 0.5) is 0 Å². The van der Waals surface area contributed by atoms with Gasteiger partial charge in [-0.15, -0.1) is 0 Å². The molecular formula is C19H23NO4. The summed E-state index contributed by atoms with van der Waals surface area (Å²) in [5, 5.41) is 3.58. The van der Waals surface area contributed by atoms with E-state index < -0.39 is 0 Å². The predicted octanol–water partition coefficient (Wildman–Crippen LogP) is 2.96. The van der Waals surface area contributed by atoms with Crippen LogP contribution < -0.4 is 24.3 Å². The molecule has 1 atom stereocenters. The Hall–Kier alpha value is -2.40. The molecule has 0 fully saturated rings. The summed E-state index contributed by atoms with van der Waals surface area (Å²) in [6, 6.07) is 10.2. The van der Waals surface area contributed by atoms with Crippen molar-refractivity contribution >= 4 is 0 Å². The molecule has 1 N–H and O–H groups in total. The van der Waals surface area contributed by atoms with E-state index in [9.17, 15) is 0 Å². The molecule has 1 heterocycles. The lowest BCUT2D eigenvalue weighted by Crippen LogP contribution is -2.30. The number of hydrogen-bond acceptors (Lipinski definition) is 5. The molecule has 0 unspecified atom stereocenters. The van der Waals surface area contributed by atoms with Crippen molar-refractivity contribution in [3.05, 3.63) is 47.0 Å². The molecule has 24 heavy (non-hydrogen) atoms. The van der Waals surface area contributed by atoms with Gasteiger partial charge in [0.25, 0.3) is 0 Å². The van der Waals surface area contributed by atoms with Crippen LogP contribution in [-0.4, -0.2) is 35.0 Å². The van der Waals surface area contributed by atoms with Gasteiger partial charge in [-0.1, -0.05) is 6.07 Å². The number of rotatable bonds is 5. The van der Waals surface area contributed by atoms with Crippen LogP contribution in [0.3, 0.4) is 0 Å². The fraction of sp³-hybridized carbons (Fsp3) is 0.368. The maximum atomic E-state index is 5.47. The van der Waals surface area contributed by atoms with E-state index in [-0.39, 0.29) is 6.04 Å². The van der Waals surface area contributed by atoms with Crippen molar-refractivity contribution < 1.29 is 18.9 Å². The normalized spacial score (nSPS) is 16.2. The second kappa shape index (κ2) is 7.01. The fourth-order valence-electron chi connectivity index (χ4n) is 3.21. The minimum Gasteiger partial charge on any atom is -0.493 e. The summed E-state index contributed by atoms with van der Waals surface area (Å²) in [7, 11) is 6.61. The zero-order valence-corrected chi connectivity index (χ0v) is 14.5. The number of ether oxygens (including phenoxy) is 4. The number of benzene rings is 2. The Kier molecular flexibility index (Phi) is 4.81. The first-order valence-corrected chi connectivity index (χ1v) is 7.92. The van der Waals surface area contributed by atoms with Gasteiger partial charge < -0.3 is 24.3 Å². The fourth-order valence-corrected chi connectivity index (χ4v) is 3.21.